The van der Waals surface area contributed by atoms with Crippen molar-refractivity contribution in [2.24, 2.45) is 0 Å². The van der Waals surface area contributed by atoms with Crippen molar-refractivity contribution in [2.75, 3.05) is 6.61 Å². The summed E-state index contributed by atoms with van der Waals surface area (Å²) in [6.45, 7) is 2.57. The van der Waals surface area contributed by atoms with Crippen molar-refractivity contribution in [2.45, 2.75) is 19.2 Å². The van der Waals surface area contributed by atoms with E-state index in [2.05, 4.69) is 16.0 Å². The number of aromatic nitrogens is 2. The SMILES string of the molecule is Cc1ccc2cccc(OCCc3nc(CCl)cs3)c2n1. The zero-order valence-corrected chi connectivity index (χ0v) is 13.2. The second-order valence-electron chi connectivity index (χ2n) is 4.75. The second-order valence-corrected chi connectivity index (χ2v) is 5.96. The summed E-state index contributed by atoms with van der Waals surface area (Å²) < 4.78 is 5.89. The van der Waals surface area contributed by atoms with E-state index in [-0.39, 0.29) is 0 Å². The van der Waals surface area contributed by atoms with Crippen molar-refractivity contribution in [3.05, 3.63) is 52.1 Å². The number of aryl methyl sites for hydroxylation is 1. The molecule has 0 fully saturated rings. The van der Waals surface area contributed by atoms with Crippen LogP contribution in [-0.4, -0.2) is 16.6 Å². The van der Waals surface area contributed by atoms with Crippen LogP contribution >= 0.6 is 22.9 Å². The minimum Gasteiger partial charge on any atom is -0.491 e. The highest BCUT2D eigenvalue weighted by Gasteiger charge is 2.05. The first kappa shape index (κ1) is 14.3. The van der Waals surface area contributed by atoms with Gasteiger partial charge in [-0.25, -0.2) is 9.97 Å². The van der Waals surface area contributed by atoms with Gasteiger partial charge in [0.15, 0.2) is 0 Å². The molecule has 0 N–H and O–H groups in total. The molecule has 21 heavy (non-hydrogen) atoms. The van der Waals surface area contributed by atoms with Crippen LogP contribution < -0.4 is 4.74 Å². The molecule has 0 aliphatic rings. The fourth-order valence-corrected chi connectivity index (χ4v) is 3.11. The number of rotatable bonds is 5. The Hall–Kier alpha value is -1.65. The summed E-state index contributed by atoms with van der Waals surface area (Å²) in [5.41, 5.74) is 2.84. The van der Waals surface area contributed by atoms with E-state index in [1.165, 1.54) is 0 Å². The van der Waals surface area contributed by atoms with E-state index >= 15 is 0 Å². The normalized spacial score (nSPS) is 11.0. The van der Waals surface area contributed by atoms with Crippen molar-refractivity contribution in [1.82, 2.24) is 9.97 Å². The Balaban J connectivity index is 1.71. The number of para-hydroxylation sites is 1. The van der Waals surface area contributed by atoms with Gasteiger partial charge in [-0.2, -0.15) is 0 Å². The van der Waals surface area contributed by atoms with Crippen LogP contribution in [0.2, 0.25) is 0 Å². The molecule has 0 aliphatic heterocycles. The number of nitrogens with zero attached hydrogens (tertiary/aromatic N) is 2. The Morgan fingerprint density at radius 1 is 1.19 bits per heavy atom. The number of fused-ring (bicyclic) bond motifs is 1. The monoisotopic (exact) mass is 318 g/mol. The minimum absolute atomic E-state index is 0.462. The molecule has 0 atom stereocenters. The number of alkyl halides is 1. The molecule has 108 valence electrons. The first-order chi connectivity index (χ1) is 10.3. The number of ether oxygens (including phenoxy) is 1. The molecule has 2 heterocycles. The first-order valence-corrected chi connectivity index (χ1v) is 8.16. The van der Waals surface area contributed by atoms with Crippen LogP contribution in [0, 0.1) is 6.92 Å². The highest BCUT2D eigenvalue weighted by molar-refractivity contribution is 7.09. The largest absolute Gasteiger partial charge is 0.491 e. The fourth-order valence-electron chi connectivity index (χ4n) is 2.11. The fraction of sp³-hybridized carbons (Fsp3) is 0.250. The molecule has 0 amide bonds. The molecule has 3 nitrogen and oxygen atoms in total. The van der Waals surface area contributed by atoms with E-state index in [0.29, 0.717) is 12.5 Å². The van der Waals surface area contributed by atoms with Crippen molar-refractivity contribution >= 4 is 33.8 Å². The van der Waals surface area contributed by atoms with E-state index in [1.54, 1.807) is 11.3 Å². The molecule has 2 aromatic heterocycles. The average Bonchev–Trinajstić information content (AvgIpc) is 2.96. The van der Waals surface area contributed by atoms with Gasteiger partial charge in [0.05, 0.1) is 23.2 Å². The van der Waals surface area contributed by atoms with Crippen molar-refractivity contribution in [3.8, 4) is 5.75 Å². The lowest BCUT2D eigenvalue weighted by Gasteiger charge is -2.08. The zero-order valence-electron chi connectivity index (χ0n) is 11.7. The van der Waals surface area contributed by atoms with Crippen molar-refractivity contribution in [3.63, 3.8) is 0 Å². The minimum atomic E-state index is 0.462. The third kappa shape index (κ3) is 3.34. The maximum absolute atomic E-state index is 5.89. The standard InChI is InChI=1S/C16H15ClN2OS/c1-11-5-6-12-3-2-4-14(16(12)18-11)20-8-7-15-19-13(9-17)10-21-15/h2-6,10H,7-9H2,1H3. The molecule has 0 aliphatic carbocycles. The van der Waals surface area contributed by atoms with Gasteiger partial charge in [0.2, 0.25) is 0 Å². The van der Waals surface area contributed by atoms with Crippen LogP contribution in [0.3, 0.4) is 0 Å². The highest BCUT2D eigenvalue weighted by atomic mass is 35.5. The third-order valence-electron chi connectivity index (χ3n) is 3.13. The lowest BCUT2D eigenvalue weighted by atomic mass is 10.2. The van der Waals surface area contributed by atoms with E-state index in [0.717, 1.165) is 39.5 Å². The van der Waals surface area contributed by atoms with Gasteiger partial charge in [0.1, 0.15) is 11.3 Å². The number of hydrogen-bond donors (Lipinski definition) is 0. The van der Waals surface area contributed by atoms with Gasteiger partial charge in [-0.3, -0.25) is 0 Å². The Morgan fingerprint density at radius 2 is 2.10 bits per heavy atom. The van der Waals surface area contributed by atoms with Gasteiger partial charge in [0, 0.05) is 22.9 Å². The first-order valence-electron chi connectivity index (χ1n) is 6.74. The van der Waals surface area contributed by atoms with Crippen LogP contribution in [0.15, 0.2) is 35.7 Å². The molecule has 0 saturated heterocycles. The number of halogens is 1. The smallest absolute Gasteiger partial charge is 0.145 e. The van der Waals surface area contributed by atoms with E-state index in [4.69, 9.17) is 16.3 Å². The molecular weight excluding hydrogens is 304 g/mol. The molecule has 0 unspecified atom stereocenters. The number of pyridine rings is 1. The van der Waals surface area contributed by atoms with E-state index in [1.807, 2.05) is 36.6 Å². The predicted molar refractivity (Wildman–Crippen MR) is 87.4 cm³/mol. The third-order valence-corrected chi connectivity index (χ3v) is 4.36. The van der Waals surface area contributed by atoms with Gasteiger partial charge in [-0.05, 0) is 19.1 Å². The second kappa shape index (κ2) is 6.41. The van der Waals surface area contributed by atoms with E-state index < -0.39 is 0 Å². The van der Waals surface area contributed by atoms with Gasteiger partial charge < -0.3 is 4.74 Å². The molecule has 5 heteroatoms. The summed E-state index contributed by atoms with van der Waals surface area (Å²) in [6, 6.07) is 10.1. The summed E-state index contributed by atoms with van der Waals surface area (Å²) in [4.78, 5) is 8.99. The van der Waals surface area contributed by atoms with Gasteiger partial charge in [-0.1, -0.05) is 18.2 Å². The lowest BCUT2D eigenvalue weighted by molar-refractivity contribution is 0.325. The topological polar surface area (TPSA) is 35.0 Å². The molecule has 0 radical (unpaired) electrons. The van der Waals surface area contributed by atoms with Crippen LogP contribution in [0.1, 0.15) is 16.4 Å². The molecule has 0 spiro atoms. The number of benzene rings is 1. The molecule has 1 aromatic carbocycles. The zero-order chi connectivity index (χ0) is 14.7. The number of hydrogen-bond acceptors (Lipinski definition) is 4. The lowest BCUT2D eigenvalue weighted by Crippen LogP contribution is -2.02. The summed E-state index contributed by atoms with van der Waals surface area (Å²) >= 11 is 7.38. The van der Waals surface area contributed by atoms with Crippen LogP contribution in [0.5, 0.6) is 5.75 Å². The maximum atomic E-state index is 5.89. The molecule has 3 aromatic rings. The molecular formula is C16H15ClN2OS. The molecule has 0 saturated carbocycles. The Labute approximate surface area is 132 Å². The van der Waals surface area contributed by atoms with E-state index in [9.17, 15) is 0 Å². The quantitative estimate of drug-likeness (QED) is 0.656. The van der Waals surface area contributed by atoms with Gasteiger partial charge in [-0.15, -0.1) is 22.9 Å². The van der Waals surface area contributed by atoms with Crippen molar-refractivity contribution < 1.29 is 4.74 Å². The summed E-state index contributed by atoms with van der Waals surface area (Å²) in [7, 11) is 0. The maximum Gasteiger partial charge on any atom is 0.145 e. The number of thiazole rings is 1. The Bertz CT molecular complexity index is 757. The van der Waals surface area contributed by atoms with Crippen molar-refractivity contribution in [1.29, 1.82) is 0 Å². The Kier molecular flexibility index (Phi) is 4.36. The van der Waals surface area contributed by atoms with Crippen LogP contribution in [0.4, 0.5) is 0 Å². The molecule has 3 rings (SSSR count). The summed E-state index contributed by atoms with van der Waals surface area (Å²) in [5.74, 6) is 1.29. The summed E-state index contributed by atoms with van der Waals surface area (Å²) in [5, 5.41) is 4.14. The predicted octanol–water partition coefficient (Wildman–Crippen LogP) is 4.36. The average molecular weight is 319 g/mol. The van der Waals surface area contributed by atoms with Gasteiger partial charge >= 0.3 is 0 Å². The highest BCUT2D eigenvalue weighted by Crippen LogP contribution is 2.24. The van der Waals surface area contributed by atoms with Crippen LogP contribution in [-0.2, 0) is 12.3 Å². The van der Waals surface area contributed by atoms with Gasteiger partial charge in [0.25, 0.3) is 0 Å². The molecule has 0 bridgehead atoms. The summed E-state index contributed by atoms with van der Waals surface area (Å²) in [6.07, 6.45) is 0.782. The Morgan fingerprint density at radius 3 is 2.90 bits per heavy atom. The van der Waals surface area contributed by atoms with Crippen LogP contribution in [0.25, 0.3) is 10.9 Å².